The Morgan fingerprint density at radius 3 is 2.83 bits per heavy atom. The Labute approximate surface area is 209 Å². The number of hydrogen-bond acceptors (Lipinski definition) is 6. The van der Waals surface area contributed by atoms with Crippen molar-refractivity contribution >= 4 is 6.09 Å². The highest BCUT2D eigenvalue weighted by Gasteiger charge is 2.46. The van der Waals surface area contributed by atoms with Crippen LogP contribution in [0.1, 0.15) is 56.0 Å². The van der Waals surface area contributed by atoms with Crippen LogP contribution in [0.4, 0.5) is 13.6 Å². The van der Waals surface area contributed by atoms with Gasteiger partial charge >= 0.3 is 6.09 Å². The number of benzene rings is 1. The van der Waals surface area contributed by atoms with Crippen LogP contribution in [0.2, 0.25) is 0 Å². The minimum Gasteiger partial charge on any atom is -0.444 e. The molecule has 0 bridgehead atoms. The number of ether oxygens (including phenoxy) is 2. The number of carbonyl (C=O) groups excluding carboxylic acids is 1. The van der Waals surface area contributed by atoms with E-state index in [1.807, 2.05) is 10.9 Å². The summed E-state index contributed by atoms with van der Waals surface area (Å²) in [5, 5.41) is 16.7. The predicted octanol–water partition coefficient (Wildman–Crippen LogP) is 3.15. The summed E-state index contributed by atoms with van der Waals surface area (Å²) in [7, 11) is 0. The van der Waals surface area contributed by atoms with E-state index >= 15 is 0 Å². The number of halogens is 2. The fourth-order valence-electron chi connectivity index (χ4n) is 5.88. The van der Waals surface area contributed by atoms with Crippen LogP contribution in [-0.2, 0) is 22.4 Å². The van der Waals surface area contributed by atoms with Crippen LogP contribution >= 0.6 is 0 Å². The van der Waals surface area contributed by atoms with Gasteiger partial charge in [-0.1, -0.05) is 0 Å². The maximum atomic E-state index is 14.7. The molecule has 1 aliphatic carbocycles. The number of nitrogens with zero attached hydrogens (tertiary/aromatic N) is 3. The molecule has 2 aromatic rings. The fourth-order valence-corrected chi connectivity index (χ4v) is 5.88. The predicted molar refractivity (Wildman–Crippen MR) is 127 cm³/mol. The lowest BCUT2D eigenvalue weighted by Crippen LogP contribution is -2.52. The lowest BCUT2D eigenvalue weighted by Gasteiger charge is -2.40. The molecule has 2 N–H and O–H groups in total. The van der Waals surface area contributed by atoms with Gasteiger partial charge in [0.15, 0.2) is 0 Å². The van der Waals surface area contributed by atoms with Gasteiger partial charge < -0.3 is 19.9 Å². The number of rotatable bonds is 5. The Morgan fingerprint density at radius 1 is 1.28 bits per heavy atom. The van der Waals surface area contributed by atoms with Gasteiger partial charge in [0.05, 0.1) is 31.5 Å². The Bertz CT molecular complexity index is 1120. The molecule has 2 unspecified atom stereocenters. The quantitative estimate of drug-likeness (QED) is 0.651. The lowest BCUT2D eigenvalue weighted by atomic mass is 9.92. The van der Waals surface area contributed by atoms with Crippen molar-refractivity contribution in [1.82, 2.24) is 20.0 Å². The van der Waals surface area contributed by atoms with Crippen molar-refractivity contribution in [3.63, 3.8) is 0 Å². The first-order valence-corrected chi connectivity index (χ1v) is 12.6. The largest absolute Gasteiger partial charge is 0.444 e. The molecule has 0 saturated carbocycles. The van der Waals surface area contributed by atoms with E-state index in [0.29, 0.717) is 31.4 Å². The number of aliphatic hydroxyl groups is 1. The number of hydrogen-bond donors (Lipinski definition) is 2. The molecule has 3 aliphatic rings. The molecule has 2 aliphatic heterocycles. The van der Waals surface area contributed by atoms with Crippen LogP contribution in [0.15, 0.2) is 24.4 Å². The third-order valence-electron chi connectivity index (χ3n) is 7.37. The van der Waals surface area contributed by atoms with E-state index in [4.69, 9.17) is 9.47 Å². The number of nitrogens with one attached hydrogen (secondary N) is 1. The second kappa shape index (κ2) is 9.72. The molecule has 0 spiro atoms. The number of alkyl carbamates (subject to hydrolysis) is 1. The second-order valence-corrected chi connectivity index (χ2v) is 11.1. The molecule has 196 valence electrons. The average Bonchev–Trinajstić information content (AvgIpc) is 3.45. The van der Waals surface area contributed by atoms with E-state index in [2.05, 4.69) is 15.3 Å². The Hall–Kier alpha value is -2.56. The van der Waals surface area contributed by atoms with Crippen molar-refractivity contribution in [3.8, 4) is 0 Å². The molecule has 1 aromatic heterocycles. The molecule has 1 aromatic carbocycles. The first-order chi connectivity index (χ1) is 17.1. The third-order valence-corrected chi connectivity index (χ3v) is 7.37. The van der Waals surface area contributed by atoms with E-state index in [9.17, 15) is 18.7 Å². The Kier molecular flexibility index (Phi) is 6.78. The van der Waals surface area contributed by atoms with Crippen molar-refractivity contribution in [2.75, 3.05) is 26.3 Å². The topological polar surface area (TPSA) is 88.9 Å². The highest BCUT2D eigenvalue weighted by Crippen LogP contribution is 2.44. The molecular weight excluding hydrogens is 470 g/mol. The summed E-state index contributed by atoms with van der Waals surface area (Å²) in [6, 6.07) is 2.72. The van der Waals surface area contributed by atoms with Gasteiger partial charge in [-0.25, -0.2) is 13.6 Å². The van der Waals surface area contributed by atoms with Crippen LogP contribution in [-0.4, -0.2) is 69.9 Å². The SMILES string of the molecule is CC(C)(C)OC(=O)N[C@H]1C[C@@H](N2CC3Cc4nn(CCO)cc4C3C2)CO[C@@H]1c1cc(F)ccc1F. The number of aromatic nitrogens is 2. The monoisotopic (exact) mass is 504 g/mol. The van der Waals surface area contributed by atoms with E-state index in [1.54, 1.807) is 20.8 Å². The first-order valence-electron chi connectivity index (χ1n) is 12.6. The summed E-state index contributed by atoms with van der Waals surface area (Å²) < 4.78 is 42.0. The highest BCUT2D eigenvalue weighted by molar-refractivity contribution is 5.68. The summed E-state index contributed by atoms with van der Waals surface area (Å²) in [5.41, 5.74) is 1.76. The minimum absolute atomic E-state index is 0.0133. The Balaban J connectivity index is 1.32. The molecule has 0 radical (unpaired) electrons. The molecule has 5 rings (SSSR count). The molecule has 1 amide bonds. The molecule has 2 saturated heterocycles. The van der Waals surface area contributed by atoms with Gasteiger partial charge in [-0.15, -0.1) is 0 Å². The zero-order chi connectivity index (χ0) is 25.6. The van der Waals surface area contributed by atoms with E-state index in [0.717, 1.165) is 43.4 Å². The zero-order valence-corrected chi connectivity index (χ0v) is 20.9. The van der Waals surface area contributed by atoms with Gasteiger partial charge in [-0.2, -0.15) is 5.10 Å². The minimum atomic E-state index is -0.824. The normalized spacial score (nSPS) is 28.1. The number of amides is 1. The van der Waals surface area contributed by atoms with Crippen molar-refractivity contribution in [2.24, 2.45) is 5.92 Å². The average molecular weight is 505 g/mol. The second-order valence-electron chi connectivity index (χ2n) is 11.1. The van der Waals surface area contributed by atoms with Crippen LogP contribution in [0.25, 0.3) is 0 Å². The van der Waals surface area contributed by atoms with E-state index in [1.165, 1.54) is 5.56 Å². The smallest absolute Gasteiger partial charge is 0.407 e. The summed E-state index contributed by atoms with van der Waals surface area (Å²) in [5.74, 6) is -0.304. The fraction of sp³-hybridized carbons (Fsp3) is 0.615. The molecule has 2 fully saturated rings. The standard InChI is InChI=1S/C26H34F2N4O4/c1-26(2,3)36-25(34)29-23-10-17(14-35-24(23)18-9-16(27)4-5-21(18)28)31-11-15-8-22-20(19(15)12-31)13-32(30-22)6-7-33/h4-5,9,13,15,17,19,23-24,33H,6-8,10-12,14H2,1-3H3,(H,29,34)/t15?,17-,19?,23+,24-/m1/s1. The van der Waals surface area contributed by atoms with E-state index < -0.39 is 35.5 Å². The lowest BCUT2D eigenvalue weighted by molar-refractivity contribution is -0.0580. The van der Waals surface area contributed by atoms with E-state index in [-0.39, 0.29) is 18.2 Å². The summed E-state index contributed by atoms with van der Waals surface area (Å²) in [6.07, 6.45) is 2.04. The third kappa shape index (κ3) is 5.12. The first kappa shape index (κ1) is 25.1. The van der Waals surface area contributed by atoms with Crippen molar-refractivity contribution < 1.29 is 28.2 Å². The van der Waals surface area contributed by atoms with Crippen LogP contribution in [0.5, 0.6) is 0 Å². The maximum Gasteiger partial charge on any atom is 0.407 e. The van der Waals surface area contributed by atoms with Crippen molar-refractivity contribution in [3.05, 3.63) is 52.9 Å². The molecule has 8 nitrogen and oxygen atoms in total. The molecule has 36 heavy (non-hydrogen) atoms. The number of fused-ring (bicyclic) bond motifs is 3. The van der Waals surface area contributed by atoms with Gasteiger partial charge in [0, 0.05) is 36.8 Å². The highest BCUT2D eigenvalue weighted by atomic mass is 19.1. The number of aliphatic hydroxyl groups excluding tert-OH is 1. The molecule has 3 heterocycles. The van der Waals surface area contributed by atoms with Crippen LogP contribution in [0.3, 0.4) is 0 Å². The molecular formula is C26H34F2N4O4. The number of carbonyl (C=O) groups is 1. The summed E-state index contributed by atoms with van der Waals surface area (Å²) in [6.45, 7) is 7.94. The van der Waals surface area contributed by atoms with Crippen LogP contribution < -0.4 is 5.32 Å². The summed E-state index contributed by atoms with van der Waals surface area (Å²) >= 11 is 0. The van der Waals surface area contributed by atoms with Crippen molar-refractivity contribution in [2.45, 2.75) is 69.9 Å². The zero-order valence-electron chi connectivity index (χ0n) is 20.9. The van der Waals surface area contributed by atoms with Gasteiger partial charge in [0.25, 0.3) is 0 Å². The van der Waals surface area contributed by atoms with Gasteiger partial charge in [0.1, 0.15) is 23.3 Å². The van der Waals surface area contributed by atoms with Gasteiger partial charge in [-0.05, 0) is 63.3 Å². The van der Waals surface area contributed by atoms with Gasteiger partial charge in [0.2, 0.25) is 0 Å². The summed E-state index contributed by atoms with van der Waals surface area (Å²) in [4.78, 5) is 15.0. The van der Waals surface area contributed by atoms with Crippen LogP contribution in [0, 0.1) is 17.6 Å². The Morgan fingerprint density at radius 2 is 2.08 bits per heavy atom. The number of likely N-dealkylation sites (tertiary alicyclic amines) is 1. The molecule has 10 heteroatoms. The maximum absolute atomic E-state index is 14.7. The van der Waals surface area contributed by atoms with Crippen molar-refractivity contribution in [1.29, 1.82) is 0 Å². The van der Waals surface area contributed by atoms with Gasteiger partial charge in [-0.3, -0.25) is 9.58 Å². The molecule has 5 atom stereocenters.